The van der Waals surface area contributed by atoms with Gasteiger partial charge in [-0.25, -0.2) is 0 Å². The van der Waals surface area contributed by atoms with E-state index in [1.165, 1.54) is 6.07 Å². The number of aromatic hydroxyl groups is 1. The highest BCUT2D eigenvalue weighted by molar-refractivity contribution is 5.68. The van der Waals surface area contributed by atoms with E-state index in [2.05, 4.69) is 10.3 Å². The van der Waals surface area contributed by atoms with E-state index in [-0.39, 0.29) is 11.8 Å². The van der Waals surface area contributed by atoms with Crippen LogP contribution in [0.5, 0.6) is 5.75 Å². The lowest BCUT2D eigenvalue weighted by Crippen LogP contribution is -2.25. The Kier molecular flexibility index (Phi) is 4.43. The molecule has 1 aromatic carbocycles. The van der Waals surface area contributed by atoms with Crippen molar-refractivity contribution in [2.45, 2.75) is 12.2 Å². The van der Waals surface area contributed by atoms with Crippen molar-refractivity contribution in [2.75, 3.05) is 20.6 Å². The second kappa shape index (κ2) is 6.40. The molecule has 2 aromatic rings. The molecule has 7 heteroatoms. The van der Waals surface area contributed by atoms with Gasteiger partial charge in [-0.3, -0.25) is 9.88 Å². The Hall–Kier alpha value is -2.54. The number of pyridine rings is 1. The van der Waals surface area contributed by atoms with Crippen molar-refractivity contribution < 1.29 is 18.3 Å². The van der Waals surface area contributed by atoms with E-state index in [9.17, 15) is 18.3 Å². The molecule has 0 saturated carbocycles. The van der Waals surface area contributed by atoms with E-state index in [1.807, 2.05) is 24.1 Å². The summed E-state index contributed by atoms with van der Waals surface area (Å²) in [6.45, 7) is 0.565. The molecule has 1 aliphatic rings. The highest BCUT2D eigenvalue weighted by Gasteiger charge is 2.33. The first-order valence-electron chi connectivity index (χ1n) is 7.75. The molecule has 132 valence electrons. The van der Waals surface area contributed by atoms with Crippen LogP contribution in [0, 0.1) is 0 Å². The van der Waals surface area contributed by atoms with Gasteiger partial charge in [-0.2, -0.15) is 13.2 Å². The third kappa shape index (κ3) is 3.19. The van der Waals surface area contributed by atoms with Crippen LogP contribution >= 0.6 is 0 Å². The molecular formula is C18H18F3N3O. The number of halogens is 3. The molecule has 0 aliphatic carbocycles. The lowest BCUT2D eigenvalue weighted by molar-refractivity contribution is -0.137. The van der Waals surface area contributed by atoms with Crippen LogP contribution in [0.3, 0.4) is 0 Å². The van der Waals surface area contributed by atoms with Gasteiger partial charge in [0, 0.05) is 42.8 Å². The molecule has 2 N–H and O–H groups in total. The molecule has 3 rings (SSSR count). The minimum absolute atomic E-state index is 0.373. The number of aromatic nitrogens is 1. The molecule has 0 saturated heterocycles. The van der Waals surface area contributed by atoms with Crippen molar-refractivity contribution in [2.24, 2.45) is 0 Å². The summed E-state index contributed by atoms with van der Waals surface area (Å²) < 4.78 is 38.6. The first-order valence-corrected chi connectivity index (χ1v) is 7.75. The minimum Gasteiger partial charge on any atom is -0.508 e. The number of phenolic OH excluding ortho intramolecular Hbond substituents is 1. The minimum atomic E-state index is -4.49. The lowest BCUT2D eigenvalue weighted by Gasteiger charge is -2.28. The molecule has 1 aliphatic heterocycles. The van der Waals surface area contributed by atoms with Crippen LogP contribution in [0.15, 0.2) is 42.7 Å². The number of rotatable bonds is 2. The number of nitrogens with one attached hydrogen (secondary N) is 1. The Morgan fingerprint density at radius 1 is 1.24 bits per heavy atom. The molecule has 1 unspecified atom stereocenters. The van der Waals surface area contributed by atoms with Crippen LogP contribution in [-0.4, -0.2) is 35.6 Å². The molecule has 0 bridgehead atoms. The van der Waals surface area contributed by atoms with E-state index in [4.69, 9.17) is 0 Å². The van der Waals surface area contributed by atoms with Gasteiger partial charge >= 0.3 is 6.18 Å². The molecule has 1 aromatic heterocycles. The second-order valence-corrected chi connectivity index (χ2v) is 5.94. The predicted octanol–water partition coefficient (Wildman–Crippen LogP) is 3.40. The van der Waals surface area contributed by atoms with Crippen LogP contribution in [0.2, 0.25) is 0 Å². The molecule has 25 heavy (non-hydrogen) atoms. The Balaban J connectivity index is 2.13. The zero-order chi connectivity index (χ0) is 18.2. The van der Waals surface area contributed by atoms with Gasteiger partial charge in [-0.15, -0.1) is 0 Å². The van der Waals surface area contributed by atoms with Gasteiger partial charge in [-0.1, -0.05) is 6.07 Å². The van der Waals surface area contributed by atoms with Crippen molar-refractivity contribution in [1.29, 1.82) is 0 Å². The second-order valence-electron chi connectivity index (χ2n) is 5.94. The molecule has 2 heterocycles. The van der Waals surface area contributed by atoms with E-state index in [1.54, 1.807) is 19.4 Å². The van der Waals surface area contributed by atoms with Gasteiger partial charge in [-0.05, 0) is 36.9 Å². The van der Waals surface area contributed by atoms with Gasteiger partial charge in [0.05, 0.1) is 11.6 Å². The smallest absolute Gasteiger partial charge is 0.416 e. The van der Waals surface area contributed by atoms with Gasteiger partial charge < -0.3 is 10.4 Å². The van der Waals surface area contributed by atoms with Crippen LogP contribution < -0.4 is 5.32 Å². The van der Waals surface area contributed by atoms with E-state index in [0.29, 0.717) is 12.1 Å². The maximum atomic E-state index is 12.9. The number of hydrogen-bond donors (Lipinski definition) is 2. The number of fused-ring (bicyclic) bond motifs is 1. The first-order chi connectivity index (χ1) is 11.8. The molecule has 0 fully saturated rings. The summed E-state index contributed by atoms with van der Waals surface area (Å²) in [5, 5.41) is 13.4. The van der Waals surface area contributed by atoms with Gasteiger partial charge in [0.15, 0.2) is 0 Å². The molecule has 1 atom stereocenters. The topological polar surface area (TPSA) is 48.4 Å². The largest absolute Gasteiger partial charge is 0.508 e. The summed E-state index contributed by atoms with van der Waals surface area (Å²) in [5.74, 6) is -0.373. The predicted molar refractivity (Wildman–Crippen MR) is 88.9 cm³/mol. The summed E-state index contributed by atoms with van der Waals surface area (Å²) >= 11 is 0. The monoisotopic (exact) mass is 349 g/mol. The van der Waals surface area contributed by atoms with Crippen molar-refractivity contribution in [3.05, 3.63) is 65.0 Å². The SMILES string of the molecule is CNC1=CCN(C)C(c2ccc(C(F)(F)F)cc2O)c2ccncc21. The Bertz CT molecular complexity index is 817. The fraction of sp³-hybridized carbons (Fsp3) is 0.278. The van der Waals surface area contributed by atoms with Crippen molar-refractivity contribution in [3.8, 4) is 5.75 Å². The number of nitrogens with zero attached hydrogens (tertiary/aromatic N) is 2. The summed E-state index contributed by atoms with van der Waals surface area (Å²) in [7, 11) is 3.67. The summed E-state index contributed by atoms with van der Waals surface area (Å²) in [6.07, 6.45) is 0.847. The fourth-order valence-corrected chi connectivity index (χ4v) is 3.15. The third-order valence-corrected chi connectivity index (χ3v) is 4.39. The van der Waals surface area contributed by atoms with Crippen LogP contribution in [0.25, 0.3) is 5.70 Å². The van der Waals surface area contributed by atoms with Gasteiger partial charge in [0.1, 0.15) is 5.75 Å². The zero-order valence-electron chi connectivity index (χ0n) is 13.8. The molecule has 0 amide bonds. The number of hydrogen-bond acceptors (Lipinski definition) is 4. The van der Waals surface area contributed by atoms with E-state index in [0.717, 1.165) is 29.0 Å². The van der Waals surface area contributed by atoms with Gasteiger partial charge in [0.2, 0.25) is 0 Å². The molecule has 4 nitrogen and oxygen atoms in total. The van der Waals surface area contributed by atoms with E-state index >= 15 is 0 Å². The summed E-state index contributed by atoms with van der Waals surface area (Å²) in [5.41, 5.74) is 2.18. The van der Waals surface area contributed by atoms with Gasteiger partial charge in [0.25, 0.3) is 0 Å². The summed E-state index contributed by atoms with van der Waals surface area (Å²) in [6, 6.07) is 4.56. The fourth-order valence-electron chi connectivity index (χ4n) is 3.15. The number of phenols is 1. The molecule has 0 radical (unpaired) electrons. The Morgan fingerprint density at radius 2 is 2.00 bits per heavy atom. The quantitative estimate of drug-likeness (QED) is 0.872. The first kappa shape index (κ1) is 17.3. The average molecular weight is 349 g/mol. The highest BCUT2D eigenvalue weighted by atomic mass is 19.4. The maximum Gasteiger partial charge on any atom is 0.416 e. The maximum absolute atomic E-state index is 12.9. The molecule has 0 spiro atoms. The highest BCUT2D eigenvalue weighted by Crippen LogP contribution is 2.40. The normalized spacial score (nSPS) is 18.3. The third-order valence-electron chi connectivity index (χ3n) is 4.39. The van der Waals surface area contributed by atoms with Crippen molar-refractivity contribution in [3.63, 3.8) is 0 Å². The number of likely N-dealkylation sites (N-methyl/N-ethyl adjacent to an activating group) is 1. The standard InChI is InChI=1S/C18H18F3N3O/c1-22-15-6-8-24(2)17(12-5-7-23-10-14(12)15)13-4-3-11(9-16(13)25)18(19,20)21/h3-7,9-10,17,22,25H,8H2,1-2H3. The average Bonchev–Trinajstić information content (AvgIpc) is 2.70. The number of alkyl halides is 3. The van der Waals surface area contributed by atoms with Crippen LogP contribution in [-0.2, 0) is 6.18 Å². The zero-order valence-corrected chi connectivity index (χ0v) is 13.8. The molecular weight excluding hydrogens is 331 g/mol. The number of benzene rings is 1. The Morgan fingerprint density at radius 3 is 2.64 bits per heavy atom. The summed E-state index contributed by atoms with van der Waals surface area (Å²) in [4.78, 5) is 6.11. The van der Waals surface area contributed by atoms with E-state index < -0.39 is 11.7 Å². The van der Waals surface area contributed by atoms with Crippen LogP contribution in [0.1, 0.15) is 28.3 Å². The van der Waals surface area contributed by atoms with Crippen molar-refractivity contribution in [1.82, 2.24) is 15.2 Å². The van der Waals surface area contributed by atoms with Crippen molar-refractivity contribution >= 4 is 5.70 Å². The Labute approximate surface area is 143 Å². The lowest BCUT2D eigenvalue weighted by atomic mass is 9.93. The van der Waals surface area contributed by atoms with Crippen LogP contribution in [0.4, 0.5) is 13.2 Å².